The number of hydrogen-bond donors (Lipinski definition) is 3. The normalized spacial score (nSPS) is 14.4. The number of unbranched alkanes of at least 4 members (excludes halogenated alkanes) is 40. The molecule has 0 aromatic carbocycles. The van der Waals surface area contributed by atoms with E-state index in [1.165, 1.54) is 186 Å². The van der Waals surface area contributed by atoms with Gasteiger partial charge in [-0.05, 0) is 37.5 Å². The monoisotopic (exact) mass is 1340 g/mol. The number of phosphoric ester groups is 2. The highest BCUT2D eigenvalue weighted by Crippen LogP contribution is 2.45. The van der Waals surface area contributed by atoms with E-state index >= 15 is 0 Å². The van der Waals surface area contributed by atoms with E-state index < -0.39 is 97.5 Å². The molecular weight excluding hydrogens is 1200 g/mol. The summed E-state index contributed by atoms with van der Waals surface area (Å²) in [6.45, 7) is 9.53. The first kappa shape index (κ1) is 89.1. The maximum atomic E-state index is 13.0. The Bertz CT molecular complexity index is 1770. The number of ether oxygens (including phenoxy) is 4. The van der Waals surface area contributed by atoms with Gasteiger partial charge < -0.3 is 33.8 Å². The van der Waals surface area contributed by atoms with Crippen LogP contribution in [0.5, 0.6) is 0 Å². The van der Waals surface area contributed by atoms with Crippen LogP contribution >= 0.6 is 15.6 Å². The molecule has 0 aliphatic rings. The lowest BCUT2D eigenvalue weighted by atomic mass is 9.99. The van der Waals surface area contributed by atoms with Crippen LogP contribution in [0.3, 0.4) is 0 Å². The van der Waals surface area contributed by atoms with Gasteiger partial charge in [0.25, 0.3) is 0 Å². The summed E-state index contributed by atoms with van der Waals surface area (Å²) in [6.07, 6.45) is 49.9. The lowest BCUT2D eigenvalue weighted by Crippen LogP contribution is -2.30. The van der Waals surface area contributed by atoms with Gasteiger partial charge >= 0.3 is 39.5 Å². The molecule has 0 rings (SSSR count). The van der Waals surface area contributed by atoms with Crippen LogP contribution < -0.4 is 0 Å². The quantitative estimate of drug-likeness (QED) is 0.0222. The molecule has 540 valence electrons. The van der Waals surface area contributed by atoms with Crippen LogP contribution in [-0.2, 0) is 65.4 Å². The number of esters is 4. The molecule has 0 saturated carbocycles. The molecule has 0 spiro atoms. The topological polar surface area (TPSA) is 237 Å². The van der Waals surface area contributed by atoms with Crippen molar-refractivity contribution in [2.24, 2.45) is 11.8 Å². The second-order valence-corrected chi connectivity index (χ2v) is 29.6. The number of carbonyl (C=O) groups is 4. The average Bonchev–Trinajstić information content (AvgIpc) is 2.46. The second kappa shape index (κ2) is 64.1. The van der Waals surface area contributed by atoms with Crippen LogP contribution in [0.4, 0.5) is 0 Å². The van der Waals surface area contributed by atoms with Crippen LogP contribution in [0.1, 0.15) is 369 Å². The summed E-state index contributed by atoms with van der Waals surface area (Å²) >= 11 is 0. The molecule has 0 radical (unpaired) electrons. The highest BCUT2D eigenvalue weighted by atomic mass is 31.2. The molecule has 19 heteroatoms. The third-order valence-corrected chi connectivity index (χ3v) is 19.0. The van der Waals surface area contributed by atoms with Gasteiger partial charge in [-0.2, -0.15) is 0 Å². The van der Waals surface area contributed by atoms with Crippen molar-refractivity contribution < 1.29 is 80.2 Å². The first-order chi connectivity index (χ1) is 43.9. The summed E-state index contributed by atoms with van der Waals surface area (Å²) in [5.74, 6) is -0.610. The van der Waals surface area contributed by atoms with Crippen molar-refractivity contribution in [3.63, 3.8) is 0 Å². The smallest absolute Gasteiger partial charge is 0.462 e. The first-order valence-corrected chi connectivity index (χ1v) is 40.5. The second-order valence-electron chi connectivity index (χ2n) is 26.7. The van der Waals surface area contributed by atoms with Gasteiger partial charge in [0.15, 0.2) is 12.2 Å². The molecular formula is C72H140O17P2. The van der Waals surface area contributed by atoms with E-state index in [0.29, 0.717) is 25.7 Å². The minimum Gasteiger partial charge on any atom is -0.462 e. The molecule has 17 nitrogen and oxygen atoms in total. The lowest BCUT2D eigenvalue weighted by Gasteiger charge is -2.21. The maximum Gasteiger partial charge on any atom is 0.472 e. The Labute approximate surface area is 556 Å². The molecule has 0 bridgehead atoms. The summed E-state index contributed by atoms with van der Waals surface area (Å²) in [5, 5.41) is 10.6. The molecule has 0 amide bonds. The Morgan fingerprint density at radius 3 is 0.835 bits per heavy atom. The molecule has 0 aromatic rings. The molecule has 3 N–H and O–H groups in total. The maximum absolute atomic E-state index is 13.0. The van der Waals surface area contributed by atoms with Crippen molar-refractivity contribution in [2.75, 3.05) is 39.6 Å². The van der Waals surface area contributed by atoms with Crippen molar-refractivity contribution in [1.29, 1.82) is 0 Å². The van der Waals surface area contributed by atoms with Gasteiger partial charge in [0, 0.05) is 25.7 Å². The zero-order valence-electron chi connectivity index (χ0n) is 59.1. The van der Waals surface area contributed by atoms with Crippen molar-refractivity contribution in [3.8, 4) is 0 Å². The number of phosphoric acid groups is 2. The van der Waals surface area contributed by atoms with Crippen molar-refractivity contribution in [3.05, 3.63) is 0 Å². The average molecular weight is 1340 g/mol. The fourth-order valence-electron chi connectivity index (χ4n) is 10.9. The Hall–Kier alpha value is -1.94. The Morgan fingerprint density at radius 1 is 0.319 bits per heavy atom. The van der Waals surface area contributed by atoms with E-state index in [1.807, 2.05) is 0 Å². The summed E-state index contributed by atoms with van der Waals surface area (Å²) < 4.78 is 68.3. The van der Waals surface area contributed by atoms with E-state index in [-0.39, 0.29) is 25.7 Å². The molecule has 91 heavy (non-hydrogen) atoms. The molecule has 0 saturated heterocycles. The third kappa shape index (κ3) is 65.1. The van der Waals surface area contributed by atoms with Crippen LogP contribution in [0.2, 0.25) is 0 Å². The largest absolute Gasteiger partial charge is 0.472 e. The van der Waals surface area contributed by atoms with Crippen LogP contribution in [0.15, 0.2) is 0 Å². The number of aliphatic hydroxyl groups excluding tert-OH is 1. The summed E-state index contributed by atoms with van der Waals surface area (Å²) in [4.78, 5) is 72.6. The molecule has 6 atom stereocenters. The Kier molecular flexibility index (Phi) is 62.7. The van der Waals surface area contributed by atoms with Crippen molar-refractivity contribution in [2.45, 2.75) is 387 Å². The standard InChI is InChI=1S/C72H140O17P2/c1-7-10-12-14-16-18-19-20-21-22-23-24-25-26-30-38-44-50-56-71(76)88-67(61-83-70(75)55-49-43-37-31-27-29-34-40-46-52-64(4)5)62-86-90(78,79)84-58-66(73)59-85-91(80,81)87-63-68(60-82-69(74)54-48-42-36-28-17-15-13-11-8-2)89-72(77)57-51-45-39-33-32-35-41-47-53-65(6)9-3/h64-68,73H,7-63H2,1-6H3,(H,78,79)(H,80,81)/t65?,66-,67-,68-/m1/s1. The molecule has 0 fully saturated rings. The Morgan fingerprint density at radius 2 is 0.560 bits per heavy atom. The molecule has 0 aliphatic heterocycles. The number of rotatable bonds is 71. The van der Waals surface area contributed by atoms with E-state index in [0.717, 1.165) is 102 Å². The minimum atomic E-state index is -4.95. The van der Waals surface area contributed by atoms with E-state index in [2.05, 4.69) is 41.5 Å². The van der Waals surface area contributed by atoms with Crippen molar-refractivity contribution in [1.82, 2.24) is 0 Å². The fraction of sp³-hybridized carbons (Fsp3) is 0.944. The number of hydrogen-bond acceptors (Lipinski definition) is 15. The van der Waals surface area contributed by atoms with E-state index in [4.69, 9.17) is 37.0 Å². The van der Waals surface area contributed by atoms with E-state index in [1.54, 1.807) is 0 Å². The lowest BCUT2D eigenvalue weighted by molar-refractivity contribution is -0.161. The number of carbonyl (C=O) groups excluding carboxylic acids is 4. The first-order valence-electron chi connectivity index (χ1n) is 37.5. The predicted molar refractivity (Wildman–Crippen MR) is 368 cm³/mol. The summed E-state index contributed by atoms with van der Waals surface area (Å²) in [7, 11) is -9.90. The highest BCUT2D eigenvalue weighted by Gasteiger charge is 2.30. The zero-order chi connectivity index (χ0) is 67.2. The molecule has 0 heterocycles. The number of aliphatic hydroxyl groups is 1. The summed E-state index contributed by atoms with van der Waals surface area (Å²) in [5.41, 5.74) is 0. The van der Waals surface area contributed by atoms with Crippen LogP contribution in [-0.4, -0.2) is 96.7 Å². The SMILES string of the molecule is CCCCCCCCCCCCCCCCCCCCC(=O)O[C@H](COC(=O)CCCCCCCCCCCC(C)C)COP(=O)(O)OC[C@@H](O)COP(=O)(O)OC[C@@H](COC(=O)CCCCCCCCCCC)OC(=O)CCCCCCCCCCC(C)CC. The van der Waals surface area contributed by atoms with Gasteiger partial charge in [0.05, 0.1) is 26.4 Å². The van der Waals surface area contributed by atoms with Gasteiger partial charge in [-0.1, -0.05) is 318 Å². The predicted octanol–water partition coefficient (Wildman–Crippen LogP) is 20.8. The minimum absolute atomic E-state index is 0.105. The van der Waals surface area contributed by atoms with Gasteiger partial charge in [0.2, 0.25) is 0 Å². The molecule has 0 aromatic heterocycles. The Balaban J connectivity index is 5.22. The van der Waals surface area contributed by atoms with Gasteiger partial charge in [-0.15, -0.1) is 0 Å². The zero-order valence-corrected chi connectivity index (χ0v) is 60.9. The molecule has 3 unspecified atom stereocenters. The van der Waals surface area contributed by atoms with Crippen LogP contribution in [0.25, 0.3) is 0 Å². The third-order valence-electron chi connectivity index (χ3n) is 17.1. The van der Waals surface area contributed by atoms with Gasteiger partial charge in [-0.3, -0.25) is 37.3 Å². The van der Waals surface area contributed by atoms with Crippen molar-refractivity contribution >= 4 is 39.5 Å². The molecule has 0 aliphatic carbocycles. The fourth-order valence-corrected chi connectivity index (χ4v) is 12.5. The van der Waals surface area contributed by atoms with E-state index in [9.17, 15) is 43.2 Å². The highest BCUT2D eigenvalue weighted by molar-refractivity contribution is 7.47. The summed E-state index contributed by atoms with van der Waals surface area (Å²) in [6, 6.07) is 0. The van der Waals surface area contributed by atoms with Gasteiger partial charge in [-0.25, -0.2) is 9.13 Å². The van der Waals surface area contributed by atoms with Crippen LogP contribution in [0, 0.1) is 11.8 Å². The van der Waals surface area contributed by atoms with Gasteiger partial charge in [0.1, 0.15) is 19.3 Å².